The zero-order valence-corrected chi connectivity index (χ0v) is 17.1. The van der Waals surface area contributed by atoms with E-state index in [9.17, 15) is 0 Å². The molecule has 0 aliphatic carbocycles. The number of rotatable bonds is 8. The van der Waals surface area contributed by atoms with E-state index in [0.717, 1.165) is 35.5 Å². The number of nitrogens with zero attached hydrogens (tertiary/aromatic N) is 3. The lowest BCUT2D eigenvalue weighted by atomic mass is 10.1. The van der Waals surface area contributed by atoms with Crippen molar-refractivity contribution in [3.63, 3.8) is 0 Å². The van der Waals surface area contributed by atoms with Crippen molar-refractivity contribution in [2.24, 2.45) is 0 Å². The van der Waals surface area contributed by atoms with Crippen LogP contribution in [0.15, 0.2) is 60.8 Å². The minimum Gasteiger partial charge on any atom is -0.496 e. The highest BCUT2D eigenvalue weighted by atomic mass is 16.5. The molecule has 1 aromatic heterocycles. The molecule has 29 heavy (non-hydrogen) atoms. The van der Waals surface area contributed by atoms with Crippen LogP contribution in [0.2, 0.25) is 0 Å². The summed E-state index contributed by atoms with van der Waals surface area (Å²) in [6, 6.07) is 18.2. The minimum atomic E-state index is 0.492. The molecular formula is C24H29N3O2. The molecule has 3 aromatic rings. The maximum Gasteiger partial charge on any atom is 0.241 e. The summed E-state index contributed by atoms with van der Waals surface area (Å²) in [5, 5.41) is 4.77. The number of likely N-dealkylation sites (tertiary alicyclic amines) is 1. The van der Waals surface area contributed by atoms with Gasteiger partial charge in [0.1, 0.15) is 12.4 Å². The predicted molar refractivity (Wildman–Crippen MR) is 115 cm³/mol. The van der Waals surface area contributed by atoms with E-state index in [1.165, 1.54) is 32.4 Å². The number of aromatic nitrogens is 2. The first-order valence-corrected chi connectivity index (χ1v) is 10.4. The molecule has 4 rings (SSSR count). The van der Waals surface area contributed by atoms with Gasteiger partial charge in [-0.05, 0) is 37.6 Å². The van der Waals surface area contributed by atoms with Crippen molar-refractivity contribution in [3.8, 4) is 22.8 Å². The molecule has 1 saturated heterocycles. The number of methoxy groups -OCH3 is 1. The number of benzene rings is 2. The molecule has 0 unspecified atom stereocenters. The molecule has 0 saturated carbocycles. The van der Waals surface area contributed by atoms with Crippen molar-refractivity contribution in [1.29, 1.82) is 0 Å². The second-order valence-corrected chi connectivity index (χ2v) is 7.49. The van der Waals surface area contributed by atoms with Gasteiger partial charge in [0.05, 0.1) is 19.2 Å². The first-order chi connectivity index (χ1) is 14.3. The van der Waals surface area contributed by atoms with Crippen LogP contribution in [0, 0.1) is 0 Å². The predicted octanol–water partition coefficient (Wildman–Crippen LogP) is 4.62. The lowest BCUT2D eigenvalue weighted by Crippen LogP contribution is -2.32. The van der Waals surface area contributed by atoms with E-state index in [0.29, 0.717) is 12.5 Å². The van der Waals surface area contributed by atoms with Crippen molar-refractivity contribution in [2.75, 3.05) is 26.7 Å². The maximum absolute atomic E-state index is 6.15. The molecule has 2 heterocycles. The summed E-state index contributed by atoms with van der Waals surface area (Å²) in [6.45, 7) is 4.75. The van der Waals surface area contributed by atoms with Gasteiger partial charge in [0.25, 0.3) is 0 Å². The SMILES string of the molecule is COc1ccccc1-c1cn(CCN2CCCCC2)nc1OCc1ccccc1. The van der Waals surface area contributed by atoms with Crippen LogP contribution in [0.5, 0.6) is 11.6 Å². The highest BCUT2D eigenvalue weighted by molar-refractivity contribution is 5.74. The second-order valence-electron chi connectivity index (χ2n) is 7.49. The first kappa shape index (κ1) is 19.5. The van der Waals surface area contributed by atoms with Gasteiger partial charge in [-0.15, -0.1) is 5.10 Å². The molecule has 152 valence electrons. The van der Waals surface area contributed by atoms with Gasteiger partial charge >= 0.3 is 0 Å². The third-order valence-electron chi connectivity index (χ3n) is 5.44. The van der Waals surface area contributed by atoms with Crippen LogP contribution in [-0.2, 0) is 13.2 Å². The largest absolute Gasteiger partial charge is 0.496 e. The zero-order chi connectivity index (χ0) is 19.9. The molecule has 5 heteroatoms. The van der Waals surface area contributed by atoms with Gasteiger partial charge in [0, 0.05) is 18.3 Å². The number of ether oxygens (including phenoxy) is 2. The molecule has 0 radical (unpaired) electrons. The molecule has 0 spiro atoms. The normalized spacial score (nSPS) is 14.7. The Morgan fingerprint density at radius 1 is 0.862 bits per heavy atom. The molecule has 5 nitrogen and oxygen atoms in total. The molecule has 2 aromatic carbocycles. The Labute approximate surface area is 172 Å². The van der Waals surface area contributed by atoms with E-state index in [2.05, 4.69) is 29.3 Å². The van der Waals surface area contributed by atoms with E-state index in [1.54, 1.807) is 7.11 Å². The standard InChI is InChI=1S/C24H29N3O2/c1-28-23-13-7-6-12-21(23)22-18-27(17-16-26-14-8-3-9-15-26)25-24(22)29-19-20-10-4-2-5-11-20/h2,4-7,10-13,18H,3,8-9,14-17,19H2,1H3. The Hall–Kier alpha value is -2.79. The first-order valence-electron chi connectivity index (χ1n) is 10.4. The molecular weight excluding hydrogens is 362 g/mol. The fourth-order valence-corrected chi connectivity index (χ4v) is 3.83. The molecule has 1 aliphatic heterocycles. The minimum absolute atomic E-state index is 0.492. The lowest BCUT2D eigenvalue weighted by Gasteiger charge is -2.26. The van der Waals surface area contributed by atoms with Crippen LogP contribution in [0.25, 0.3) is 11.1 Å². The van der Waals surface area contributed by atoms with Crippen LogP contribution in [0.1, 0.15) is 24.8 Å². The zero-order valence-electron chi connectivity index (χ0n) is 17.1. The molecule has 0 amide bonds. The summed E-state index contributed by atoms with van der Waals surface area (Å²) < 4.78 is 13.7. The van der Waals surface area contributed by atoms with Gasteiger partial charge in [0.15, 0.2) is 0 Å². The van der Waals surface area contributed by atoms with Crippen LogP contribution in [0.4, 0.5) is 0 Å². The third kappa shape index (κ3) is 4.98. The van der Waals surface area contributed by atoms with E-state index < -0.39 is 0 Å². The summed E-state index contributed by atoms with van der Waals surface area (Å²) >= 11 is 0. The van der Waals surface area contributed by atoms with Crippen molar-refractivity contribution in [3.05, 3.63) is 66.4 Å². The molecule has 1 fully saturated rings. The highest BCUT2D eigenvalue weighted by Gasteiger charge is 2.17. The monoisotopic (exact) mass is 391 g/mol. The smallest absolute Gasteiger partial charge is 0.241 e. The number of piperidine rings is 1. The number of hydrogen-bond donors (Lipinski definition) is 0. The van der Waals surface area contributed by atoms with E-state index >= 15 is 0 Å². The van der Waals surface area contributed by atoms with Gasteiger partial charge in [-0.3, -0.25) is 4.68 Å². The molecule has 1 aliphatic rings. The number of para-hydroxylation sites is 1. The Morgan fingerprint density at radius 2 is 1.62 bits per heavy atom. The average molecular weight is 392 g/mol. The fourth-order valence-electron chi connectivity index (χ4n) is 3.83. The second kappa shape index (κ2) is 9.61. The molecule has 0 bridgehead atoms. The van der Waals surface area contributed by atoms with Crippen molar-refractivity contribution in [2.45, 2.75) is 32.4 Å². The van der Waals surface area contributed by atoms with Crippen LogP contribution in [-0.4, -0.2) is 41.4 Å². The topological polar surface area (TPSA) is 39.5 Å². The van der Waals surface area contributed by atoms with Crippen molar-refractivity contribution < 1.29 is 9.47 Å². The van der Waals surface area contributed by atoms with Crippen molar-refractivity contribution in [1.82, 2.24) is 14.7 Å². The quantitative estimate of drug-likeness (QED) is 0.562. The summed E-state index contributed by atoms with van der Waals surface area (Å²) in [4.78, 5) is 2.53. The van der Waals surface area contributed by atoms with E-state index in [-0.39, 0.29) is 0 Å². The van der Waals surface area contributed by atoms with Gasteiger partial charge in [-0.2, -0.15) is 0 Å². The van der Waals surface area contributed by atoms with Crippen LogP contribution >= 0.6 is 0 Å². The summed E-state index contributed by atoms with van der Waals surface area (Å²) in [7, 11) is 1.70. The third-order valence-corrected chi connectivity index (χ3v) is 5.44. The average Bonchev–Trinajstić information content (AvgIpc) is 3.20. The van der Waals surface area contributed by atoms with E-state index in [1.807, 2.05) is 41.1 Å². The molecule has 0 atom stereocenters. The maximum atomic E-state index is 6.15. The highest BCUT2D eigenvalue weighted by Crippen LogP contribution is 2.35. The Bertz CT molecular complexity index is 901. The van der Waals surface area contributed by atoms with Gasteiger partial charge in [0.2, 0.25) is 5.88 Å². The molecule has 0 N–H and O–H groups in total. The number of hydrogen-bond acceptors (Lipinski definition) is 4. The summed E-state index contributed by atoms with van der Waals surface area (Å²) in [5.41, 5.74) is 3.10. The van der Waals surface area contributed by atoms with E-state index in [4.69, 9.17) is 14.6 Å². The summed E-state index contributed by atoms with van der Waals surface area (Å²) in [5.74, 6) is 1.48. The van der Waals surface area contributed by atoms with Crippen LogP contribution < -0.4 is 9.47 Å². The van der Waals surface area contributed by atoms with Crippen LogP contribution in [0.3, 0.4) is 0 Å². The Morgan fingerprint density at radius 3 is 2.41 bits per heavy atom. The lowest BCUT2D eigenvalue weighted by molar-refractivity contribution is 0.216. The van der Waals surface area contributed by atoms with Gasteiger partial charge in [-0.1, -0.05) is 55.0 Å². The van der Waals surface area contributed by atoms with Gasteiger partial charge in [-0.25, -0.2) is 0 Å². The summed E-state index contributed by atoms with van der Waals surface area (Å²) in [6.07, 6.45) is 6.05. The fraction of sp³-hybridized carbons (Fsp3) is 0.375. The van der Waals surface area contributed by atoms with Crippen molar-refractivity contribution >= 4 is 0 Å². The Balaban J connectivity index is 1.55. The Kier molecular flexibility index (Phi) is 6.47. The van der Waals surface area contributed by atoms with Gasteiger partial charge < -0.3 is 14.4 Å².